The molecule has 7 nitrogen and oxygen atoms in total. The highest BCUT2D eigenvalue weighted by Crippen LogP contribution is 2.23. The number of carbonyl (C=O) groups excluding carboxylic acids is 1. The molecule has 0 bridgehead atoms. The Labute approximate surface area is 159 Å². The highest BCUT2D eigenvalue weighted by molar-refractivity contribution is 7.89. The highest BCUT2D eigenvalue weighted by atomic mass is 32.2. The third-order valence-electron chi connectivity index (χ3n) is 5.54. The molecule has 27 heavy (non-hydrogen) atoms. The number of nitrogens with one attached hydrogen (secondary N) is 2. The van der Waals surface area contributed by atoms with Crippen LogP contribution in [0.3, 0.4) is 0 Å². The van der Waals surface area contributed by atoms with Crippen LogP contribution in [-0.4, -0.2) is 66.6 Å². The molecule has 1 unspecified atom stereocenters. The minimum absolute atomic E-state index is 0.0759. The van der Waals surface area contributed by atoms with Crippen LogP contribution in [0.4, 0.5) is 4.79 Å². The van der Waals surface area contributed by atoms with Crippen LogP contribution in [0.5, 0.6) is 0 Å². The summed E-state index contributed by atoms with van der Waals surface area (Å²) in [7, 11) is -3.13. The molecule has 2 saturated heterocycles. The predicted molar refractivity (Wildman–Crippen MR) is 105 cm³/mol. The smallest absolute Gasteiger partial charge is 0.317 e. The molecule has 2 aliphatic heterocycles. The van der Waals surface area contributed by atoms with E-state index in [-0.39, 0.29) is 17.8 Å². The second-order valence-corrected chi connectivity index (χ2v) is 9.44. The number of hydrogen-bond acceptors (Lipinski definition) is 3. The maximum absolute atomic E-state index is 12.5. The van der Waals surface area contributed by atoms with E-state index in [2.05, 4.69) is 28.5 Å². The second kappa shape index (κ2) is 7.52. The lowest BCUT2D eigenvalue weighted by molar-refractivity contribution is 0.153. The number of carbonyl (C=O) groups is 1. The largest absolute Gasteiger partial charge is 0.361 e. The molecule has 0 radical (unpaired) electrons. The number of aromatic nitrogens is 1. The minimum atomic E-state index is -3.13. The van der Waals surface area contributed by atoms with Crippen LogP contribution in [0, 0.1) is 0 Å². The number of piperidine rings is 1. The van der Waals surface area contributed by atoms with Crippen LogP contribution in [0.1, 0.15) is 24.8 Å². The van der Waals surface area contributed by atoms with E-state index in [0.29, 0.717) is 32.6 Å². The fraction of sp³-hybridized carbons (Fsp3) is 0.526. The van der Waals surface area contributed by atoms with Crippen molar-refractivity contribution in [3.63, 3.8) is 0 Å². The zero-order valence-electron chi connectivity index (χ0n) is 15.4. The van der Waals surface area contributed by atoms with E-state index >= 15 is 0 Å². The Hall–Kier alpha value is -2.06. The summed E-state index contributed by atoms with van der Waals surface area (Å²) in [6, 6.07) is 8.12. The number of amides is 2. The molecule has 2 fully saturated rings. The number of likely N-dealkylation sites (tertiary alicyclic amines) is 1. The zero-order chi connectivity index (χ0) is 18.9. The van der Waals surface area contributed by atoms with Gasteiger partial charge in [-0.05, 0) is 54.8 Å². The second-order valence-electron chi connectivity index (χ2n) is 7.40. The third kappa shape index (κ3) is 3.96. The summed E-state index contributed by atoms with van der Waals surface area (Å²) in [5.41, 5.74) is 2.29. The molecule has 146 valence electrons. The lowest BCUT2D eigenvalue weighted by atomic mass is 10.1. The Balaban J connectivity index is 1.30. The van der Waals surface area contributed by atoms with Crippen molar-refractivity contribution in [3.8, 4) is 0 Å². The van der Waals surface area contributed by atoms with Crippen LogP contribution in [-0.2, 0) is 16.4 Å². The summed E-state index contributed by atoms with van der Waals surface area (Å²) in [6.07, 6.45) is 5.05. The summed E-state index contributed by atoms with van der Waals surface area (Å²) in [5, 5.41) is 4.16. The van der Waals surface area contributed by atoms with Crippen molar-refractivity contribution in [1.82, 2.24) is 19.5 Å². The van der Waals surface area contributed by atoms with Gasteiger partial charge in [-0.2, -0.15) is 4.31 Å². The number of rotatable bonds is 4. The van der Waals surface area contributed by atoms with Crippen molar-refractivity contribution in [2.24, 2.45) is 0 Å². The molecular weight excluding hydrogens is 364 g/mol. The molecule has 0 aliphatic carbocycles. The number of sulfonamides is 1. The standard InChI is InChI=1S/C19H26N4O3S/c24-19(21-8-6-15-4-5-18-16(13-15)7-9-20-18)22-10-1-3-17(14-22)23-11-2-12-27(23,25)26/h4-5,7,9,13,17,20H,1-3,6,8,10-12,14H2,(H,21,24). The van der Waals surface area contributed by atoms with Gasteiger partial charge in [-0.3, -0.25) is 0 Å². The first-order chi connectivity index (χ1) is 13.0. The normalized spacial score (nSPS) is 23.0. The summed E-state index contributed by atoms with van der Waals surface area (Å²) < 4.78 is 25.9. The predicted octanol–water partition coefficient (Wildman–Crippen LogP) is 1.92. The van der Waals surface area contributed by atoms with Crippen molar-refractivity contribution in [1.29, 1.82) is 0 Å². The quantitative estimate of drug-likeness (QED) is 0.836. The Bertz CT molecular complexity index is 924. The molecule has 2 amide bonds. The van der Waals surface area contributed by atoms with Gasteiger partial charge in [0.05, 0.1) is 5.75 Å². The SMILES string of the molecule is O=C(NCCc1ccc2[nH]ccc2c1)N1CCCC(N2CCCS2(=O)=O)C1. The Kier molecular flexibility index (Phi) is 5.10. The van der Waals surface area contributed by atoms with Gasteiger partial charge in [0.25, 0.3) is 0 Å². The van der Waals surface area contributed by atoms with E-state index in [0.717, 1.165) is 24.8 Å². The van der Waals surface area contributed by atoms with E-state index in [1.54, 1.807) is 9.21 Å². The molecular formula is C19H26N4O3S. The fourth-order valence-corrected chi connectivity index (χ4v) is 5.89. The summed E-state index contributed by atoms with van der Waals surface area (Å²) in [6.45, 7) is 2.33. The lowest BCUT2D eigenvalue weighted by Crippen LogP contribution is -2.52. The lowest BCUT2D eigenvalue weighted by Gasteiger charge is -2.36. The molecule has 1 aromatic heterocycles. The van der Waals surface area contributed by atoms with Crippen molar-refractivity contribution in [2.45, 2.75) is 31.7 Å². The first kappa shape index (κ1) is 18.3. The topological polar surface area (TPSA) is 85.5 Å². The maximum Gasteiger partial charge on any atom is 0.317 e. The third-order valence-corrected chi connectivity index (χ3v) is 7.54. The van der Waals surface area contributed by atoms with Gasteiger partial charge in [0, 0.05) is 43.9 Å². The van der Waals surface area contributed by atoms with Gasteiger partial charge in [-0.1, -0.05) is 6.07 Å². The Morgan fingerprint density at radius 3 is 2.93 bits per heavy atom. The minimum Gasteiger partial charge on any atom is -0.361 e. The molecule has 3 heterocycles. The molecule has 1 atom stereocenters. The number of nitrogens with zero attached hydrogens (tertiary/aromatic N) is 2. The van der Waals surface area contributed by atoms with Crippen LogP contribution < -0.4 is 5.32 Å². The van der Waals surface area contributed by atoms with Crippen molar-refractivity contribution in [3.05, 3.63) is 36.0 Å². The molecule has 0 spiro atoms. The van der Waals surface area contributed by atoms with Gasteiger partial charge in [0.2, 0.25) is 10.0 Å². The Morgan fingerprint density at radius 1 is 1.22 bits per heavy atom. The van der Waals surface area contributed by atoms with Gasteiger partial charge >= 0.3 is 6.03 Å². The average molecular weight is 391 g/mol. The number of fused-ring (bicyclic) bond motifs is 1. The molecule has 2 aliphatic rings. The summed E-state index contributed by atoms with van der Waals surface area (Å²) in [5.74, 6) is 0.237. The van der Waals surface area contributed by atoms with E-state index in [1.807, 2.05) is 12.3 Å². The molecule has 2 aromatic rings. The molecule has 2 N–H and O–H groups in total. The van der Waals surface area contributed by atoms with Crippen LogP contribution in [0.2, 0.25) is 0 Å². The fourth-order valence-electron chi connectivity index (χ4n) is 4.13. The highest BCUT2D eigenvalue weighted by Gasteiger charge is 2.37. The first-order valence-electron chi connectivity index (χ1n) is 9.61. The van der Waals surface area contributed by atoms with E-state index in [9.17, 15) is 13.2 Å². The number of benzene rings is 1. The summed E-state index contributed by atoms with van der Waals surface area (Å²) in [4.78, 5) is 17.5. The van der Waals surface area contributed by atoms with Crippen molar-refractivity contribution in [2.75, 3.05) is 31.9 Å². The monoisotopic (exact) mass is 390 g/mol. The molecule has 1 aromatic carbocycles. The zero-order valence-corrected chi connectivity index (χ0v) is 16.2. The van der Waals surface area contributed by atoms with E-state index < -0.39 is 10.0 Å². The summed E-state index contributed by atoms with van der Waals surface area (Å²) >= 11 is 0. The van der Waals surface area contributed by atoms with Gasteiger partial charge in [-0.15, -0.1) is 0 Å². The molecule has 4 rings (SSSR count). The molecule has 8 heteroatoms. The van der Waals surface area contributed by atoms with E-state index in [4.69, 9.17) is 0 Å². The van der Waals surface area contributed by atoms with Gasteiger partial charge in [0.1, 0.15) is 0 Å². The molecule has 0 saturated carbocycles. The average Bonchev–Trinajstić information content (AvgIpc) is 3.26. The maximum atomic E-state index is 12.5. The number of aromatic amines is 1. The van der Waals surface area contributed by atoms with Crippen molar-refractivity contribution < 1.29 is 13.2 Å². The van der Waals surface area contributed by atoms with Crippen LogP contribution >= 0.6 is 0 Å². The van der Waals surface area contributed by atoms with E-state index in [1.165, 1.54) is 10.9 Å². The van der Waals surface area contributed by atoms with Gasteiger partial charge in [-0.25, -0.2) is 13.2 Å². The first-order valence-corrected chi connectivity index (χ1v) is 11.2. The number of H-pyrrole nitrogens is 1. The van der Waals surface area contributed by atoms with Gasteiger partial charge in [0.15, 0.2) is 0 Å². The Morgan fingerprint density at radius 2 is 2.11 bits per heavy atom. The number of hydrogen-bond donors (Lipinski definition) is 2. The van der Waals surface area contributed by atoms with Crippen molar-refractivity contribution >= 4 is 27.0 Å². The van der Waals surface area contributed by atoms with Crippen LogP contribution in [0.15, 0.2) is 30.5 Å². The van der Waals surface area contributed by atoms with Gasteiger partial charge < -0.3 is 15.2 Å². The number of urea groups is 1. The van der Waals surface area contributed by atoms with Crippen LogP contribution in [0.25, 0.3) is 10.9 Å².